The Balaban J connectivity index is 4.08. The van der Waals surface area contributed by atoms with Crippen molar-refractivity contribution in [2.45, 2.75) is 19.9 Å². The smallest absolute Gasteiger partial charge is 0.327 e. The van der Waals surface area contributed by atoms with Gasteiger partial charge in [0, 0.05) is 12.7 Å². The molecule has 0 heterocycles. The highest BCUT2D eigenvalue weighted by molar-refractivity contribution is 8.02. The van der Waals surface area contributed by atoms with Crippen molar-refractivity contribution in [3.05, 3.63) is 11.0 Å². The highest BCUT2D eigenvalue weighted by atomic mass is 32.2. The highest BCUT2D eigenvalue weighted by Gasteiger charge is 2.17. The number of aliphatic hydroxyl groups is 1. The molecule has 15 heavy (non-hydrogen) atoms. The number of hydrogen-bond acceptors (Lipinski definition) is 4. The van der Waals surface area contributed by atoms with Gasteiger partial charge in [-0.05, 0) is 17.9 Å². The molecule has 1 amide bonds. The first-order valence-corrected chi connectivity index (χ1v) is 5.40. The Morgan fingerprint density at radius 1 is 1.47 bits per heavy atom. The minimum atomic E-state index is -1.06. The van der Waals surface area contributed by atoms with Crippen LogP contribution in [0.2, 0.25) is 0 Å². The van der Waals surface area contributed by atoms with Crippen molar-refractivity contribution in [1.29, 1.82) is 0 Å². The van der Waals surface area contributed by atoms with Gasteiger partial charge >= 0.3 is 5.97 Å². The summed E-state index contributed by atoms with van der Waals surface area (Å²) in [5, 5.41) is 21.4. The van der Waals surface area contributed by atoms with Gasteiger partial charge in [0.25, 0.3) is 0 Å². The maximum Gasteiger partial charge on any atom is 0.327 e. The fraction of sp³-hybridized carbons (Fsp3) is 0.556. The van der Waals surface area contributed by atoms with Gasteiger partial charge in [0.05, 0.1) is 6.61 Å². The summed E-state index contributed by atoms with van der Waals surface area (Å²) in [5.41, 5.74) is 0.756. The summed E-state index contributed by atoms with van der Waals surface area (Å²) in [4.78, 5) is 21.4. The summed E-state index contributed by atoms with van der Waals surface area (Å²) in [5.74, 6) is -1.19. The van der Waals surface area contributed by atoms with E-state index in [0.717, 1.165) is 5.57 Å². The molecule has 86 valence electrons. The van der Waals surface area contributed by atoms with E-state index in [9.17, 15) is 9.59 Å². The molecule has 0 aliphatic heterocycles. The molecule has 0 rings (SSSR count). The van der Waals surface area contributed by atoms with Gasteiger partial charge in [0.15, 0.2) is 0 Å². The van der Waals surface area contributed by atoms with E-state index >= 15 is 0 Å². The van der Waals surface area contributed by atoms with Gasteiger partial charge in [0.2, 0.25) is 5.91 Å². The van der Waals surface area contributed by atoms with Crippen LogP contribution in [0.3, 0.4) is 0 Å². The summed E-state index contributed by atoms with van der Waals surface area (Å²) in [7, 11) is 0. The van der Waals surface area contributed by atoms with Crippen LogP contribution in [0.15, 0.2) is 11.0 Å². The second-order valence-electron chi connectivity index (χ2n) is 3.05. The van der Waals surface area contributed by atoms with E-state index in [-0.39, 0.29) is 18.3 Å². The van der Waals surface area contributed by atoms with Crippen LogP contribution in [0, 0.1) is 0 Å². The maximum atomic E-state index is 10.7. The Kier molecular flexibility index (Phi) is 6.81. The zero-order chi connectivity index (χ0) is 11.8. The van der Waals surface area contributed by atoms with E-state index in [0.29, 0.717) is 0 Å². The Morgan fingerprint density at radius 2 is 2.07 bits per heavy atom. The largest absolute Gasteiger partial charge is 0.480 e. The molecule has 0 bridgehead atoms. The number of carboxylic acids is 1. The molecule has 0 aromatic carbocycles. The predicted octanol–water partition coefficient (Wildman–Crippen LogP) is 0.205. The van der Waals surface area contributed by atoms with Crippen LogP contribution < -0.4 is 5.32 Å². The molecule has 1 unspecified atom stereocenters. The van der Waals surface area contributed by atoms with Gasteiger partial charge in [-0.3, -0.25) is 4.79 Å². The molecule has 0 saturated carbocycles. The summed E-state index contributed by atoms with van der Waals surface area (Å²) >= 11 is 1.25. The standard InChI is InChI=1S/C9H15NO4S/c1-6(3-11)4-15-5-8(9(13)14)10-7(2)12/h4,8,11H,3,5H2,1-2H3,(H,10,12)(H,13,14)/b6-4+. The summed E-state index contributed by atoms with van der Waals surface area (Å²) in [6.07, 6.45) is 0. The molecule has 0 aromatic rings. The first-order chi connectivity index (χ1) is 6.97. The summed E-state index contributed by atoms with van der Waals surface area (Å²) in [6, 6.07) is -0.893. The van der Waals surface area contributed by atoms with E-state index in [1.807, 2.05) is 0 Å². The molecule has 0 aromatic heterocycles. The zero-order valence-electron chi connectivity index (χ0n) is 8.69. The summed E-state index contributed by atoms with van der Waals surface area (Å²) in [6.45, 7) is 2.96. The van der Waals surface area contributed by atoms with Crippen LogP contribution in [0.25, 0.3) is 0 Å². The minimum Gasteiger partial charge on any atom is -0.480 e. The molecule has 0 aliphatic rings. The molecule has 0 fully saturated rings. The monoisotopic (exact) mass is 233 g/mol. The molecular weight excluding hydrogens is 218 g/mol. The van der Waals surface area contributed by atoms with Crippen molar-refractivity contribution in [3.63, 3.8) is 0 Å². The lowest BCUT2D eigenvalue weighted by atomic mass is 10.3. The number of thioether (sulfide) groups is 1. The van der Waals surface area contributed by atoms with Crippen LogP contribution >= 0.6 is 11.8 Å². The Bertz CT molecular complexity index is 265. The van der Waals surface area contributed by atoms with E-state index in [1.165, 1.54) is 18.7 Å². The second kappa shape index (κ2) is 7.30. The third-order valence-electron chi connectivity index (χ3n) is 1.47. The maximum absolute atomic E-state index is 10.7. The van der Waals surface area contributed by atoms with Gasteiger partial charge in [-0.1, -0.05) is 0 Å². The molecular formula is C9H15NO4S. The average Bonchev–Trinajstić information content (AvgIpc) is 2.15. The average molecular weight is 233 g/mol. The number of amides is 1. The molecule has 0 saturated heterocycles. The molecule has 5 nitrogen and oxygen atoms in total. The SMILES string of the molecule is CC(=O)NC(CS/C=C(\C)CO)C(=O)O. The van der Waals surface area contributed by atoms with Crippen LogP contribution in [0.5, 0.6) is 0 Å². The predicted molar refractivity (Wildman–Crippen MR) is 58.5 cm³/mol. The number of aliphatic hydroxyl groups excluding tert-OH is 1. The van der Waals surface area contributed by atoms with Crippen LogP contribution in [-0.2, 0) is 9.59 Å². The Labute approximate surface area is 92.6 Å². The van der Waals surface area contributed by atoms with Gasteiger partial charge in [-0.2, -0.15) is 0 Å². The van der Waals surface area contributed by atoms with Crippen molar-refractivity contribution in [1.82, 2.24) is 5.32 Å². The first-order valence-electron chi connectivity index (χ1n) is 4.35. The quantitative estimate of drug-likeness (QED) is 0.610. The van der Waals surface area contributed by atoms with Gasteiger partial charge in [-0.15, -0.1) is 11.8 Å². The first kappa shape index (κ1) is 14.0. The number of hydrogen-bond donors (Lipinski definition) is 3. The van der Waals surface area contributed by atoms with Gasteiger partial charge < -0.3 is 15.5 Å². The Morgan fingerprint density at radius 3 is 2.47 bits per heavy atom. The van der Waals surface area contributed by atoms with Crippen LogP contribution in [0.4, 0.5) is 0 Å². The van der Waals surface area contributed by atoms with Gasteiger partial charge in [0.1, 0.15) is 6.04 Å². The van der Waals surface area contributed by atoms with Crippen LogP contribution in [-0.4, -0.2) is 40.5 Å². The zero-order valence-corrected chi connectivity index (χ0v) is 9.50. The van der Waals surface area contributed by atoms with E-state index < -0.39 is 12.0 Å². The molecule has 0 radical (unpaired) electrons. The van der Waals surface area contributed by atoms with Gasteiger partial charge in [-0.25, -0.2) is 4.79 Å². The third kappa shape index (κ3) is 6.98. The van der Waals surface area contributed by atoms with E-state index in [4.69, 9.17) is 10.2 Å². The fourth-order valence-electron chi connectivity index (χ4n) is 0.744. The Hall–Kier alpha value is -1.01. The topological polar surface area (TPSA) is 86.6 Å². The lowest BCUT2D eigenvalue weighted by Gasteiger charge is -2.11. The second-order valence-corrected chi connectivity index (χ2v) is 3.95. The molecule has 1 atom stereocenters. The summed E-state index contributed by atoms with van der Waals surface area (Å²) < 4.78 is 0. The number of rotatable bonds is 6. The van der Waals surface area contributed by atoms with Crippen molar-refractivity contribution < 1.29 is 19.8 Å². The molecule has 0 spiro atoms. The van der Waals surface area contributed by atoms with E-state index in [1.54, 1.807) is 12.3 Å². The minimum absolute atomic E-state index is 0.0507. The molecule has 3 N–H and O–H groups in total. The highest BCUT2D eigenvalue weighted by Crippen LogP contribution is 2.08. The molecule has 0 aliphatic carbocycles. The van der Waals surface area contributed by atoms with Crippen molar-refractivity contribution in [3.8, 4) is 0 Å². The van der Waals surface area contributed by atoms with E-state index in [2.05, 4.69) is 5.32 Å². The number of carbonyl (C=O) groups is 2. The number of carbonyl (C=O) groups excluding carboxylic acids is 1. The van der Waals surface area contributed by atoms with Crippen molar-refractivity contribution in [2.75, 3.05) is 12.4 Å². The normalized spacial score (nSPS) is 13.4. The van der Waals surface area contributed by atoms with Crippen LogP contribution in [0.1, 0.15) is 13.8 Å². The lowest BCUT2D eigenvalue weighted by molar-refractivity contribution is -0.140. The molecule has 6 heteroatoms. The number of nitrogens with one attached hydrogen (secondary N) is 1. The fourth-order valence-corrected chi connectivity index (χ4v) is 1.62. The number of carboxylic acid groups (broad SMARTS) is 1. The third-order valence-corrected chi connectivity index (χ3v) is 2.57. The number of aliphatic carboxylic acids is 1. The lowest BCUT2D eigenvalue weighted by Crippen LogP contribution is -2.41. The van der Waals surface area contributed by atoms with Crippen molar-refractivity contribution in [2.24, 2.45) is 0 Å². The van der Waals surface area contributed by atoms with Crippen molar-refractivity contribution >= 4 is 23.6 Å².